The molecule has 2 rings (SSSR count). The molecule has 0 radical (unpaired) electrons. The Balaban J connectivity index is 2.51. The Morgan fingerprint density at radius 3 is 2.41 bits per heavy atom. The van der Waals surface area contributed by atoms with Gasteiger partial charge in [-0.3, -0.25) is 4.79 Å². The number of rotatable bonds is 6. The molecule has 0 aliphatic heterocycles. The van der Waals surface area contributed by atoms with E-state index in [1.807, 2.05) is 29.9 Å². The summed E-state index contributed by atoms with van der Waals surface area (Å²) in [5.41, 5.74) is 0.806. The third-order valence-corrected chi connectivity index (χ3v) is 3.30. The molecule has 1 N–H and O–H groups in total. The van der Waals surface area contributed by atoms with Crippen LogP contribution in [0.2, 0.25) is 0 Å². The van der Waals surface area contributed by atoms with Crippen molar-refractivity contribution in [2.75, 3.05) is 14.2 Å². The highest BCUT2D eigenvalue weighted by atomic mass is 16.5. The van der Waals surface area contributed by atoms with E-state index in [2.05, 4.69) is 16.9 Å². The molecule has 2 aromatic rings. The van der Waals surface area contributed by atoms with Crippen LogP contribution in [0, 0.1) is 0 Å². The van der Waals surface area contributed by atoms with Crippen molar-refractivity contribution in [1.29, 1.82) is 0 Å². The average molecular weight is 301 g/mol. The van der Waals surface area contributed by atoms with E-state index in [4.69, 9.17) is 9.47 Å². The Morgan fingerprint density at radius 2 is 1.95 bits per heavy atom. The van der Waals surface area contributed by atoms with Crippen LogP contribution in [0.4, 0.5) is 0 Å². The predicted octanol–water partition coefficient (Wildman–Crippen LogP) is 1.83. The number of nitrogens with zero attached hydrogens (tertiary/aromatic N) is 2. The molecule has 0 saturated heterocycles. The monoisotopic (exact) mass is 301 g/mol. The largest absolute Gasteiger partial charge is 0.497 e. The number of hydrogen-bond acceptors (Lipinski definition) is 4. The number of benzene rings is 1. The molecule has 0 aliphatic rings. The first-order valence-corrected chi connectivity index (χ1v) is 6.72. The maximum Gasteiger partial charge on any atom is 0.244 e. The topological polar surface area (TPSA) is 65.4 Å². The zero-order valence-electron chi connectivity index (χ0n) is 12.9. The number of methoxy groups -OCH3 is 2. The molecule has 116 valence electrons. The van der Waals surface area contributed by atoms with Crippen molar-refractivity contribution in [3.63, 3.8) is 0 Å². The van der Waals surface area contributed by atoms with E-state index < -0.39 is 6.04 Å². The fraction of sp³-hybridized carbons (Fsp3) is 0.250. The van der Waals surface area contributed by atoms with Gasteiger partial charge in [0.25, 0.3) is 0 Å². The maximum atomic E-state index is 11.8. The normalized spacial score (nSPS) is 11.6. The number of carbonyl (C=O) groups is 1. The third kappa shape index (κ3) is 3.28. The summed E-state index contributed by atoms with van der Waals surface area (Å²) in [6.07, 6.45) is 4.73. The van der Waals surface area contributed by atoms with Gasteiger partial charge < -0.3 is 19.4 Å². The number of carbonyl (C=O) groups excluding carboxylic acids is 1. The summed E-state index contributed by atoms with van der Waals surface area (Å²) < 4.78 is 12.4. The number of imidazole rings is 1. The van der Waals surface area contributed by atoms with Gasteiger partial charge in [-0.2, -0.15) is 0 Å². The first-order valence-electron chi connectivity index (χ1n) is 6.72. The Morgan fingerprint density at radius 1 is 1.32 bits per heavy atom. The van der Waals surface area contributed by atoms with Crippen molar-refractivity contribution in [3.05, 3.63) is 54.6 Å². The van der Waals surface area contributed by atoms with E-state index >= 15 is 0 Å². The van der Waals surface area contributed by atoms with Crippen molar-refractivity contribution < 1.29 is 14.3 Å². The molecular formula is C16H19N3O3. The van der Waals surface area contributed by atoms with Crippen LogP contribution < -0.4 is 14.8 Å². The number of hydrogen-bond donors (Lipinski definition) is 1. The molecule has 1 unspecified atom stereocenters. The highest BCUT2D eigenvalue weighted by Crippen LogP contribution is 2.29. The fourth-order valence-electron chi connectivity index (χ4n) is 2.15. The van der Waals surface area contributed by atoms with Gasteiger partial charge in [0.1, 0.15) is 23.4 Å². The number of aryl methyl sites for hydroxylation is 1. The molecule has 1 amide bonds. The van der Waals surface area contributed by atoms with Crippen LogP contribution in [0.25, 0.3) is 0 Å². The zero-order valence-corrected chi connectivity index (χ0v) is 12.9. The molecule has 1 aromatic heterocycles. The summed E-state index contributed by atoms with van der Waals surface area (Å²) in [5, 5.41) is 2.88. The lowest BCUT2D eigenvalue weighted by Gasteiger charge is -2.19. The number of amides is 1. The molecular weight excluding hydrogens is 282 g/mol. The predicted molar refractivity (Wildman–Crippen MR) is 82.9 cm³/mol. The second kappa shape index (κ2) is 6.80. The van der Waals surface area contributed by atoms with E-state index in [-0.39, 0.29) is 5.91 Å². The third-order valence-electron chi connectivity index (χ3n) is 3.30. The minimum absolute atomic E-state index is 0.283. The molecule has 0 fully saturated rings. The first kappa shape index (κ1) is 15.6. The van der Waals surface area contributed by atoms with Gasteiger partial charge in [-0.05, 0) is 23.8 Å². The Labute approximate surface area is 129 Å². The van der Waals surface area contributed by atoms with Gasteiger partial charge in [0.15, 0.2) is 0 Å². The summed E-state index contributed by atoms with van der Waals surface area (Å²) in [4.78, 5) is 16.1. The molecule has 0 aliphatic carbocycles. The Bertz CT molecular complexity index is 657. The van der Waals surface area contributed by atoms with Gasteiger partial charge in [0, 0.05) is 25.5 Å². The molecule has 0 bridgehead atoms. The standard InChI is InChI=1S/C16H19N3O3/c1-5-14(20)18-15(16-17-6-7-19(16)2)11-8-12(21-3)10-13(9-11)22-4/h5-10,15H,1H2,2-4H3,(H,18,20). The minimum atomic E-state index is -0.436. The Kier molecular flexibility index (Phi) is 4.83. The van der Waals surface area contributed by atoms with E-state index in [1.165, 1.54) is 6.08 Å². The molecule has 1 atom stereocenters. The smallest absolute Gasteiger partial charge is 0.244 e. The quantitative estimate of drug-likeness (QED) is 0.827. The van der Waals surface area contributed by atoms with Crippen molar-refractivity contribution in [2.24, 2.45) is 7.05 Å². The van der Waals surface area contributed by atoms with Crippen LogP contribution in [-0.2, 0) is 11.8 Å². The maximum absolute atomic E-state index is 11.8. The lowest BCUT2D eigenvalue weighted by atomic mass is 10.0. The van der Waals surface area contributed by atoms with Crippen LogP contribution in [0.5, 0.6) is 11.5 Å². The zero-order chi connectivity index (χ0) is 16.1. The minimum Gasteiger partial charge on any atom is -0.497 e. The van der Waals surface area contributed by atoms with Gasteiger partial charge in [0.05, 0.1) is 14.2 Å². The van der Waals surface area contributed by atoms with E-state index in [9.17, 15) is 4.79 Å². The number of nitrogens with one attached hydrogen (secondary N) is 1. The summed E-state index contributed by atoms with van der Waals surface area (Å²) in [6, 6.07) is 5.01. The van der Waals surface area contributed by atoms with Gasteiger partial charge in [-0.15, -0.1) is 0 Å². The number of aromatic nitrogens is 2. The van der Waals surface area contributed by atoms with Crippen LogP contribution in [0.1, 0.15) is 17.4 Å². The second-order valence-electron chi connectivity index (χ2n) is 4.69. The Hall–Kier alpha value is -2.76. The van der Waals surface area contributed by atoms with Crippen LogP contribution in [0.3, 0.4) is 0 Å². The lowest BCUT2D eigenvalue weighted by Crippen LogP contribution is -2.29. The van der Waals surface area contributed by atoms with Crippen LogP contribution in [-0.4, -0.2) is 29.7 Å². The molecule has 6 nitrogen and oxygen atoms in total. The lowest BCUT2D eigenvalue weighted by molar-refractivity contribution is -0.117. The molecule has 0 spiro atoms. The molecule has 1 heterocycles. The average Bonchev–Trinajstić information content (AvgIpc) is 2.97. The van der Waals surface area contributed by atoms with Crippen LogP contribution >= 0.6 is 0 Å². The summed E-state index contributed by atoms with van der Waals surface area (Å²) in [7, 11) is 5.03. The second-order valence-corrected chi connectivity index (χ2v) is 4.69. The van der Waals surface area contributed by atoms with E-state index in [1.54, 1.807) is 26.5 Å². The molecule has 0 saturated carbocycles. The molecule has 22 heavy (non-hydrogen) atoms. The van der Waals surface area contributed by atoms with Gasteiger partial charge >= 0.3 is 0 Å². The SMILES string of the molecule is C=CC(=O)NC(c1cc(OC)cc(OC)c1)c1nccn1C. The molecule has 1 aromatic carbocycles. The fourth-order valence-corrected chi connectivity index (χ4v) is 2.15. The van der Waals surface area contributed by atoms with Crippen molar-refractivity contribution in [3.8, 4) is 11.5 Å². The van der Waals surface area contributed by atoms with Gasteiger partial charge in [-0.1, -0.05) is 6.58 Å². The first-order chi connectivity index (χ1) is 10.6. The van der Waals surface area contributed by atoms with Crippen LogP contribution in [0.15, 0.2) is 43.2 Å². The highest BCUT2D eigenvalue weighted by Gasteiger charge is 2.21. The van der Waals surface area contributed by atoms with Gasteiger partial charge in [-0.25, -0.2) is 4.98 Å². The highest BCUT2D eigenvalue weighted by molar-refractivity contribution is 5.87. The summed E-state index contributed by atoms with van der Waals surface area (Å²) in [6.45, 7) is 3.49. The summed E-state index contributed by atoms with van der Waals surface area (Å²) in [5.74, 6) is 1.70. The molecule has 6 heteroatoms. The van der Waals surface area contributed by atoms with Crippen molar-refractivity contribution >= 4 is 5.91 Å². The van der Waals surface area contributed by atoms with Gasteiger partial charge in [0.2, 0.25) is 5.91 Å². The van der Waals surface area contributed by atoms with Crippen molar-refractivity contribution in [2.45, 2.75) is 6.04 Å². The van der Waals surface area contributed by atoms with E-state index in [0.29, 0.717) is 17.3 Å². The van der Waals surface area contributed by atoms with E-state index in [0.717, 1.165) is 5.56 Å². The summed E-state index contributed by atoms with van der Waals surface area (Å²) >= 11 is 0. The number of ether oxygens (including phenoxy) is 2. The van der Waals surface area contributed by atoms with Crippen molar-refractivity contribution in [1.82, 2.24) is 14.9 Å².